The molecule has 0 atom stereocenters. The number of hydrogen-bond acceptors (Lipinski definition) is 3. The summed E-state index contributed by atoms with van der Waals surface area (Å²) >= 11 is 0. The summed E-state index contributed by atoms with van der Waals surface area (Å²) in [6, 6.07) is 72.2. The smallest absolute Gasteiger partial charge is 0.333 e. The van der Waals surface area contributed by atoms with Crippen LogP contribution in [0.5, 0.6) is 0 Å². The van der Waals surface area contributed by atoms with Crippen molar-refractivity contribution in [1.82, 2.24) is 4.48 Å². The van der Waals surface area contributed by atoms with Gasteiger partial charge in [0.05, 0.1) is 5.69 Å². The highest BCUT2D eigenvalue weighted by Crippen LogP contribution is 2.52. The number of unbranched alkanes of at least 4 members (excludes halogenated alkanes) is 2. The maximum Gasteiger partial charge on any atom is 0.333 e. The van der Waals surface area contributed by atoms with Gasteiger partial charge in [0.15, 0.2) is 0 Å². The highest BCUT2D eigenvalue weighted by atomic mass is 16.3. The van der Waals surface area contributed by atoms with Crippen LogP contribution in [-0.2, 0) is 12.8 Å². The molecule has 0 bridgehead atoms. The van der Waals surface area contributed by atoms with E-state index in [1.807, 2.05) is 0 Å². The SMILES string of the molecule is CCCCc1ccc(N2c3cc(N(c4ccccc4)c4ccccc4)ccc3B3c4c2cc2oc5ccccc5c2c4-c2cc(CCCC)cc4c5ccccc5n3c24)c(-c2ccccc2)c1. The van der Waals surface area contributed by atoms with Crippen LogP contribution >= 0.6 is 0 Å². The summed E-state index contributed by atoms with van der Waals surface area (Å²) in [5, 5.41) is 4.98. The first-order valence-corrected chi connectivity index (χ1v) is 24.2. The van der Waals surface area contributed by atoms with E-state index in [1.165, 1.54) is 71.5 Å². The van der Waals surface area contributed by atoms with Gasteiger partial charge < -0.3 is 18.7 Å². The molecule has 0 amide bonds. The van der Waals surface area contributed by atoms with Crippen molar-refractivity contribution in [2.75, 3.05) is 9.80 Å². The summed E-state index contributed by atoms with van der Waals surface area (Å²) in [6.45, 7) is 4.46. The van der Waals surface area contributed by atoms with Gasteiger partial charge in [-0.1, -0.05) is 142 Å². The lowest BCUT2D eigenvalue weighted by molar-refractivity contribution is 0.669. The molecule has 0 N–H and O–H groups in total. The predicted octanol–water partition coefficient (Wildman–Crippen LogP) is 15.9. The minimum absolute atomic E-state index is 0.120. The van der Waals surface area contributed by atoms with E-state index in [0.717, 1.165) is 89.2 Å². The Kier molecular flexibility index (Phi) is 9.45. The molecule has 9 aromatic carbocycles. The lowest BCUT2D eigenvalue weighted by atomic mass is 9.44. The summed E-state index contributed by atoms with van der Waals surface area (Å²) in [5.41, 5.74) is 21.5. The van der Waals surface area contributed by atoms with Crippen LogP contribution in [-0.4, -0.2) is 11.3 Å². The Balaban J connectivity index is 1.19. The number of nitrogens with zero attached hydrogens (tertiary/aromatic N) is 3. The Hall–Kier alpha value is -7.76. The third kappa shape index (κ3) is 6.21. The third-order valence-electron chi connectivity index (χ3n) is 14.5. The van der Waals surface area contributed by atoms with Crippen molar-refractivity contribution in [3.63, 3.8) is 0 Å². The van der Waals surface area contributed by atoms with Crippen molar-refractivity contribution in [2.45, 2.75) is 52.4 Å². The number of furan rings is 1. The second-order valence-electron chi connectivity index (χ2n) is 18.5. The monoisotopic (exact) mass is 863 g/mol. The number of aromatic nitrogens is 1. The molecule has 2 aliphatic heterocycles. The molecule has 0 aliphatic carbocycles. The van der Waals surface area contributed by atoms with E-state index < -0.39 is 0 Å². The van der Waals surface area contributed by atoms with Crippen molar-refractivity contribution in [1.29, 1.82) is 0 Å². The average molecular weight is 864 g/mol. The van der Waals surface area contributed by atoms with Crippen LogP contribution in [0, 0.1) is 0 Å². The van der Waals surface area contributed by atoms with Gasteiger partial charge in [0.25, 0.3) is 0 Å². The molecule has 0 radical (unpaired) electrons. The van der Waals surface area contributed by atoms with Crippen LogP contribution in [0.25, 0.3) is 66.0 Å². The zero-order valence-corrected chi connectivity index (χ0v) is 38.0. The van der Waals surface area contributed by atoms with Gasteiger partial charge in [-0.3, -0.25) is 0 Å². The maximum absolute atomic E-state index is 7.04. The lowest BCUT2D eigenvalue weighted by Gasteiger charge is -2.42. The Morgan fingerprint density at radius 3 is 1.90 bits per heavy atom. The van der Waals surface area contributed by atoms with Gasteiger partial charge in [-0.25, -0.2) is 0 Å². The lowest BCUT2D eigenvalue weighted by Crippen LogP contribution is -2.56. The number of para-hydroxylation sites is 4. The zero-order valence-electron chi connectivity index (χ0n) is 38.0. The van der Waals surface area contributed by atoms with Gasteiger partial charge in [0.2, 0.25) is 0 Å². The molecule has 0 unspecified atom stereocenters. The Labute approximate surface area is 392 Å². The Bertz CT molecular complexity index is 3650. The largest absolute Gasteiger partial charge is 0.456 e. The first-order chi connectivity index (χ1) is 33.2. The fourth-order valence-corrected chi connectivity index (χ4v) is 11.5. The van der Waals surface area contributed by atoms with Gasteiger partial charge in [-0.15, -0.1) is 0 Å². The van der Waals surface area contributed by atoms with Gasteiger partial charge in [-0.2, -0.15) is 0 Å². The zero-order chi connectivity index (χ0) is 44.6. The highest BCUT2D eigenvalue weighted by Gasteiger charge is 2.45. The van der Waals surface area contributed by atoms with E-state index in [4.69, 9.17) is 4.42 Å². The number of fused-ring (bicyclic) bond motifs is 11. The van der Waals surface area contributed by atoms with E-state index in [9.17, 15) is 0 Å². The van der Waals surface area contributed by atoms with Gasteiger partial charge in [-0.05, 0) is 132 Å². The van der Waals surface area contributed by atoms with Crippen LogP contribution in [0.15, 0.2) is 199 Å². The second-order valence-corrected chi connectivity index (χ2v) is 18.5. The second kappa shape index (κ2) is 16.0. The molecule has 322 valence electrons. The summed E-state index contributed by atoms with van der Waals surface area (Å²) < 4.78 is 9.74. The molecule has 0 spiro atoms. The first-order valence-electron chi connectivity index (χ1n) is 24.2. The van der Waals surface area contributed by atoms with Crippen LogP contribution in [0.2, 0.25) is 0 Å². The molecule has 4 nitrogen and oxygen atoms in total. The molecular formula is C62H50BN3O. The third-order valence-corrected chi connectivity index (χ3v) is 14.5. The molecule has 67 heavy (non-hydrogen) atoms. The van der Waals surface area contributed by atoms with E-state index in [-0.39, 0.29) is 6.85 Å². The van der Waals surface area contributed by atoms with Gasteiger partial charge >= 0.3 is 6.85 Å². The fourth-order valence-electron chi connectivity index (χ4n) is 11.5. The van der Waals surface area contributed by atoms with E-state index in [1.54, 1.807) is 0 Å². The van der Waals surface area contributed by atoms with Gasteiger partial charge in [0, 0.05) is 78.2 Å². The van der Waals surface area contributed by atoms with Crippen LogP contribution in [0.1, 0.15) is 50.7 Å². The van der Waals surface area contributed by atoms with Crippen molar-refractivity contribution in [3.8, 4) is 22.3 Å². The minimum atomic E-state index is -0.120. The van der Waals surface area contributed by atoms with E-state index in [2.05, 4.69) is 222 Å². The molecule has 2 aliphatic rings. The quantitative estimate of drug-likeness (QED) is 0.121. The Morgan fingerprint density at radius 1 is 0.493 bits per heavy atom. The molecule has 13 rings (SSSR count). The van der Waals surface area contributed by atoms with Crippen molar-refractivity contribution >= 4 is 95.6 Å². The first kappa shape index (κ1) is 39.6. The van der Waals surface area contributed by atoms with E-state index in [0.29, 0.717) is 0 Å². The maximum atomic E-state index is 7.04. The van der Waals surface area contributed by atoms with Crippen molar-refractivity contribution in [3.05, 3.63) is 205 Å². The molecule has 4 heterocycles. The number of aryl methyl sites for hydroxylation is 2. The highest BCUT2D eigenvalue weighted by molar-refractivity contribution is 6.90. The number of benzene rings is 9. The topological polar surface area (TPSA) is 24.6 Å². The number of rotatable bonds is 11. The van der Waals surface area contributed by atoms with Crippen molar-refractivity contribution in [2.24, 2.45) is 0 Å². The minimum Gasteiger partial charge on any atom is -0.456 e. The van der Waals surface area contributed by atoms with Gasteiger partial charge in [0.1, 0.15) is 11.2 Å². The average Bonchev–Trinajstić information content (AvgIpc) is 3.93. The molecule has 0 saturated carbocycles. The molecule has 5 heteroatoms. The fraction of sp³-hybridized carbons (Fsp3) is 0.129. The van der Waals surface area contributed by atoms with Crippen LogP contribution in [0.4, 0.5) is 34.1 Å². The summed E-state index contributed by atoms with van der Waals surface area (Å²) in [6.07, 6.45) is 6.67. The number of anilines is 6. The molecular weight excluding hydrogens is 814 g/mol. The summed E-state index contributed by atoms with van der Waals surface area (Å²) in [4.78, 5) is 4.99. The number of hydrogen-bond donors (Lipinski definition) is 0. The summed E-state index contributed by atoms with van der Waals surface area (Å²) in [5.74, 6) is 0. The summed E-state index contributed by atoms with van der Waals surface area (Å²) in [7, 11) is 0. The van der Waals surface area contributed by atoms with Crippen LogP contribution < -0.4 is 20.7 Å². The standard InChI is InChI=1S/C62H50BN3O/c1-3-5-20-41-32-35-53(49(36-41)43-22-10-7-11-23-43)65-55-39-46(64(44-24-12-8-13-25-44)45-26-14-9-15-27-45)33-34-52(55)63-61-56(65)40-58-59(48-29-17-19-31-57(48)67-58)60(61)51-38-42(21-6-4-2)37-50-47-28-16-18-30-54(47)66(63)62(50)51/h7-19,22-40H,3-6,20-21H2,1-2H3. The molecule has 2 aromatic heterocycles. The Morgan fingerprint density at radius 2 is 1.15 bits per heavy atom. The predicted molar refractivity (Wildman–Crippen MR) is 285 cm³/mol. The molecule has 11 aromatic rings. The normalized spacial score (nSPS) is 12.6. The molecule has 0 fully saturated rings. The van der Waals surface area contributed by atoms with Crippen molar-refractivity contribution < 1.29 is 4.42 Å². The van der Waals surface area contributed by atoms with E-state index >= 15 is 0 Å². The van der Waals surface area contributed by atoms with Crippen LogP contribution in [0.3, 0.4) is 0 Å². The molecule has 0 saturated heterocycles.